The first-order chi connectivity index (χ1) is 6.31. The first-order valence-electron chi connectivity index (χ1n) is 4.72. The molecule has 0 spiro atoms. The lowest BCUT2D eigenvalue weighted by molar-refractivity contribution is -0.144. The summed E-state index contributed by atoms with van der Waals surface area (Å²) in [6.45, 7) is 2.12. The first kappa shape index (κ1) is 12.2. The van der Waals surface area contributed by atoms with Crippen molar-refractivity contribution in [3.63, 3.8) is 0 Å². The molecule has 0 unspecified atom stereocenters. The minimum absolute atomic E-state index is 0.0998. The van der Waals surface area contributed by atoms with Crippen LogP contribution in [0, 0.1) is 0 Å². The van der Waals surface area contributed by atoms with Gasteiger partial charge in [0, 0.05) is 6.42 Å². The van der Waals surface area contributed by atoms with Gasteiger partial charge in [0.05, 0.1) is 6.61 Å². The summed E-state index contributed by atoms with van der Waals surface area (Å²) in [5.41, 5.74) is 0. The Kier molecular flexibility index (Phi) is 8.67. The van der Waals surface area contributed by atoms with Crippen LogP contribution in [0.2, 0.25) is 0 Å². The summed E-state index contributed by atoms with van der Waals surface area (Å²) < 4.78 is 4.67. The van der Waals surface area contributed by atoms with Crippen molar-refractivity contribution < 1.29 is 14.6 Å². The van der Waals surface area contributed by atoms with Gasteiger partial charge in [-0.3, -0.25) is 4.79 Å². The third-order valence-corrected chi connectivity index (χ3v) is 1.49. The number of ether oxygens (including phenoxy) is 1. The maximum Gasteiger partial charge on any atom is 0.306 e. The van der Waals surface area contributed by atoms with Crippen molar-refractivity contribution >= 4 is 5.97 Å². The van der Waals surface area contributed by atoms with E-state index in [1.165, 1.54) is 0 Å². The van der Waals surface area contributed by atoms with Gasteiger partial charge in [-0.2, -0.15) is 0 Å². The van der Waals surface area contributed by atoms with Crippen molar-refractivity contribution in [1.82, 2.24) is 0 Å². The molecular weight excluding hydrogens is 168 g/mol. The SMILES string of the molecule is CCCC=CCCC(=O)OCCO. The van der Waals surface area contributed by atoms with Gasteiger partial charge in [-0.25, -0.2) is 0 Å². The molecule has 0 amide bonds. The number of esters is 1. The molecule has 3 nitrogen and oxygen atoms in total. The molecule has 76 valence electrons. The van der Waals surface area contributed by atoms with Crippen LogP contribution >= 0.6 is 0 Å². The molecule has 1 N–H and O–H groups in total. The van der Waals surface area contributed by atoms with Gasteiger partial charge in [-0.1, -0.05) is 25.5 Å². The molecule has 0 aliphatic carbocycles. The Labute approximate surface area is 79.4 Å². The summed E-state index contributed by atoms with van der Waals surface area (Å²) >= 11 is 0. The Morgan fingerprint density at radius 1 is 1.38 bits per heavy atom. The summed E-state index contributed by atoms with van der Waals surface area (Å²) in [6.07, 6.45) is 7.38. The molecule has 0 saturated heterocycles. The number of aliphatic hydroxyl groups excluding tert-OH is 1. The molecule has 3 heteroatoms. The molecule has 0 heterocycles. The van der Waals surface area contributed by atoms with Gasteiger partial charge in [0.15, 0.2) is 0 Å². The number of rotatable bonds is 7. The lowest BCUT2D eigenvalue weighted by Crippen LogP contribution is -2.07. The molecule has 0 aliphatic heterocycles. The highest BCUT2D eigenvalue weighted by molar-refractivity contribution is 5.69. The van der Waals surface area contributed by atoms with E-state index in [0.29, 0.717) is 6.42 Å². The van der Waals surface area contributed by atoms with Gasteiger partial charge >= 0.3 is 5.97 Å². The molecule has 0 saturated carbocycles. The Morgan fingerprint density at radius 3 is 2.69 bits per heavy atom. The van der Waals surface area contributed by atoms with Crippen LogP contribution in [0.25, 0.3) is 0 Å². The molecule has 0 aromatic carbocycles. The Bertz CT molecular complexity index is 152. The van der Waals surface area contributed by atoms with Gasteiger partial charge in [-0.15, -0.1) is 0 Å². The molecule has 0 bridgehead atoms. The van der Waals surface area contributed by atoms with Crippen molar-refractivity contribution in [2.45, 2.75) is 32.6 Å². The number of unbranched alkanes of at least 4 members (excludes halogenated alkanes) is 1. The molecule has 0 aromatic rings. The zero-order chi connectivity index (χ0) is 9.94. The second-order valence-electron chi connectivity index (χ2n) is 2.74. The van der Waals surface area contributed by atoms with E-state index in [-0.39, 0.29) is 19.2 Å². The maximum atomic E-state index is 10.9. The smallest absolute Gasteiger partial charge is 0.306 e. The van der Waals surface area contributed by atoms with Crippen LogP contribution in [0.15, 0.2) is 12.2 Å². The van der Waals surface area contributed by atoms with E-state index < -0.39 is 0 Å². The number of carbonyl (C=O) groups is 1. The van der Waals surface area contributed by atoms with Crippen LogP contribution in [-0.2, 0) is 9.53 Å². The molecular formula is C10H18O3. The van der Waals surface area contributed by atoms with Gasteiger partial charge in [0.2, 0.25) is 0 Å². The van der Waals surface area contributed by atoms with Crippen LogP contribution < -0.4 is 0 Å². The van der Waals surface area contributed by atoms with Crippen molar-refractivity contribution in [3.8, 4) is 0 Å². The van der Waals surface area contributed by atoms with Crippen LogP contribution in [0.4, 0.5) is 0 Å². The number of carbonyl (C=O) groups excluding carboxylic acids is 1. The topological polar surface area (TPSA) is 46.5 Å². The van der Waals surface area contributed by atoms with Gasteiger partial charge in [-0.05, 0) is 12.8 Å². The first-order valence-corrected chi connectivity index (χ1v) is 4.72. The number of aliphatic hydroxyl groups is 1. The van der Waals surface area contributed by atoms with E-state index in [4.69, 9.17) is 5.11 Å². The highest BCUT2D eigenvalue weighted by Gasteiger charge is 1.98. The summed E-state index contributed by atoms with van der Waals surface area (Å²) in [5.74, 6) is -0.241. The average Bonchev–Trinajstić information content (AvgIpc) is 2.14. The van der Waals surface area contributed by atoms with Crippen LogP contribution in [0.1, 0.15) is 32.6 Å². The van der Waals surface area contributed by atoms with E-state index in [2.05, 4.69) is 17.7 Å². The molecule has 0 fully saturated rings. The number of allylic oxidation sites excluding steroid dienone is 2. The van der Waals surface area contributed by atoms with Gasteiger partial charge in [0.1, 0.15) is 6.61 Å². The second kappa shape index (κ2) is 9.26. The number of hydrogen-bond donors (Lipinski definition) is 1. The Balaban J connectivity index is 3.26. The van der Waals surface area contributed by atoms with Crippen molar-refractivity contribution in [2.24, 2.45) is 0 Å². The fraction of sp³-hybridized carbons (Fsp3) is 0.700. The molecule has 0 radical (unpaired) electrons. The van der Waals surface area contributed by atoms with Crippen LogP contribution in [-0.4, -0.2) is 24.3 Å². The van der Waals surface area contributed by atoms with Gasteiger partial charge in [0.25, 0.3) is 0 Å². The normalized spacial score (nSPS) is 10.6. The average molecular weight is 186 g/mol. The quantitative estimate of drug-likeness (QED) is 0.486. The van der Waals surface area contributed by atoms with Crippen LogP contribution in [0.5, 0.6) is 0 Å². The molecule has 0 atom stereocenters. The summed E-state index contributed by atoms with van der Waals surface area (Å²) in [5, 5.41) is 8.37. The zero-order valence-electron chi connectivity index (χ0n) is 8.16. The minimum Gasteiger partial charge on any atom is -0.463 e. The molecule has 0 aromatic heterocycles. The predicted molar refractivity (Wildman–Crippen MR) is 51.3 cm³/mol. The Morgan fingerprint density at radius 2 is 2.08 bits per heavy atom. The van der Waals surface area contributed by atoms with E-state index >= 15 is 0 Å². The third kappa shape index (κ3) is 9.08. The van der Waals surface area contributed by atoms with E-state index in [1.807, 2.05) is 6.08 Å². The fourth-order valence-corrected chi connectivity index (χ4v) is 0.835. The van der Waals surface area contributed by atoms with Crippen molar-refractivity contribution in [3.05, 3.63) is 12.2 Å². The molecule has 13 heavy (non-hydrogen) atoms. The predicted octanol–water partition coefficient (Wildman–Crippen LogP) is 1.66. The number of hydrogen-bond acceptors (Lipinski definition) is 3. The lowest BCUT2D eigenvalue weighted by atomic mass is 10.2. The summed E-state index contributed by atoms with van der Waals surface area (Å²) in [4.78, 5) is 10.9. The largest absolute Gasteiger partial charge is 0.463 e. The van der Waals surface area contributed by atoms with E-state index in [1.54, 1.807) is 0 Å². The summed E-state index contributed by atoms with van der Waals surface area (Å²) in [6, 6.07) is 0. The Hall–Kier alpha value is -0.830. The molecule has 0 rings (SSSR count). The highest BCUT2D eigenvalue weighted by atomic mass is 16.5. The van der Waals surface area contributed by atoms with Crippen molar-refractivity contribution in [1.29, 1.82) is 0 Å². The van der Waals surface area contributed by atoms with E-state index in [0.717, 1.165) is 19.3 Å². The fourth-order valence-electron chi connectivity index (χ4n) is 0.835. The second-order valence-corrected chi connectivity index (χ2v) is 2.74. The van der Waals surface area contributed by atoms with E-state index in [9.17, 15) is 4.79 Å². The third-order valence-electron chi connectivity index (χ3n) is 1.49. The standard InChI is InChI=1S/C10H18O3/c1-2-3-4-5-6-7-10(12)13-9-8-11/h4-5,11H,2-3,6-9H2,1H3. The lowest BCUT2D eigenvalue weighted by Gasteiger charge is -1.99. The highest BCUT2D eigenvalue weighted by Crippen LogP contribution is 1.96. The van der Waals surface area contributed by atoms with Gasteiger partial charge < -0.3 is 9.84 Å². The zero-order valence-corrected chi connectivity index (χ0v) is 8.16. The maximum absolute atomic E-state index is 10.9. The monoisotopic (exact) mass is 186 g/mol. The van der Waals surface area contributed by atoms with Crippen molar-refractivity contribution in [2.75, 3.05) is 13.2 Å². The minimum atomic E-state index is -0.241. The summed E-state index contributed by atoms with van der Waals surface area (Å²) in [7, 11) is 0. The molecule has 0 aliphatic rings. The van der Waals surface area contributed by atoms with Crippen LogP contribution in [0.3, 0.4) is 0 Å².